The standard InChI is InChI=1S/C9H10BrFN2O/c1-9(2,10)8(14)13-7-3-6(11)4-12-5-7/h3-5H,1-2H3,(H,13,14). The zero-order chi connectivity index (χ0) is 10.8. The molecular weight excluding hydrogens is 251 g/mol. The highest BCUT2D eigenvalue weighted by Crippen LogP contribution is 2.18. The molecule has 0 radical (unpaired) electrons. The number of pyridine rings is 1. The van der Waals surface area contributed by atoms with E-state index >= 15 is 0 Å². The summed E-state index contributed by atoms with van der Waals surface area (Å²) >= 11 is 3.19. The molecule has 0 aromatic carbocycles. The number of aromatic nitrogens is 1. The Bertz CT molecular complexity index is 349. The van der Waals surface area contributed by atoms with Crippen molar-refractivity contribution in [1.29, 1.82) is 0 Å². The molecule has 0 aliphatic rings. The van der Waals surface area contributed by atoms with Gasteiger partial charge in [0.05, 0.1) is 22.4 Å². The smallest absolute Gasteiger partial charge is 0.240 e. The maximum absolute atomic E-state index is 12.7. The maximum Gasteiger partial charge on any atom is 0.240 e. The lowest BCUT2D eigenvalue weighted by Gasteiger charge is -2.15. The average Bonchev–Trinajstić information content (AvgIpc) is 2.02. The summed E-state index contributed by atoms with van der Waals surface area (Å²) < 4.78 is 12.0. The van der Waals surface area contributed by atoms with Crippen LogP contribution in [0, 0.1) is 5.82 Å². The minimum atomic E-state index is -0.681. The van der Waals surface area contributed by atoms with Crippen LogP contribution in [0.3, 0.4) is 0 Å². The van der Waals surface area contributed by atoms with Crippen LogP contribution in [0.1, 0.15) is 13.8 Å². The van der Waals surface area contributed by atoms with E-state index in [1.807, 2.05) is 0 Å². The van der Waals surface area contributed by atoms with Crippen LogP contribution in [0.4, 0.5) is 10.1 Å². The van der Waals surface area contributed by atoms with Gasteiger partial charge in [0.1, 0.15) is 5.82 Å². The third kappa shape index (κ3) is 3.06. The number of halogens is 2. The van der Waals surface area contributed by atoms with E-state index in [-0.39, 0.29) is 5.91 Å². The SMILES string of the molecule is CC(C)(Br)C(=O)Nc1cncc(F)c1. The summed E-state index contributed by atoms with van der Waals surface area (Å²) in [6, 6.07) is 1.21. The van der Waals surface area contributed by atoms with Crippen molar-refractivity contribution >= 4 is 27.5 Å². The minimum absolute atomic E-state index is 0.245. The van der Waals surface area contributed by atoms with Gasteiger partial charge in [-0.1, -0.05) is 15.9 Å². The number of amides is 1. The number of hydrogen-bond acceptors (Lipinski definition) is 2. The fourth-order valence-corrected chi connectivity index (χ4v) is 0.859. The van der Waals surface area contributed by atoms with Crippen LogP contribution in [0.15, 0.2) is 18.5 Å². The van der Waals surface area contributed by atoms with Crippen molar-refractivity contribution in [1.82, 2.24) is 4.98 Å². The zero-order valence-electron chi connectivity index (χ0n) is 7.84. The minimum Gasteiger partial charge on any atom is -0.323 e. The van der Waals surface area contributed by atoms with E-state index in [9.17, 15) is 9.18 Å². The molecule has 0 fully saturated rings. The van der Waals surface area contributed by atoms with Gasteiger partial charge < -0.3 is 5.32 Å². The van der Waals surface area contributed by atoms with Crippen molar-refractivity contribution < 1.29 is 9.18 Å². The van der Waals surface area contributed by atoms with Crippen molar-refractivity contribution in [3.05, 3.63) is 24.3 Å². The molecule has 0 aliphatic heterocycles. The van der Waals surface area contributed by atoms with Gasteiger partial charge in [-0.15, -0.1) is 0 Å². The van der Waals surface area contributed by atoms with Gasteiger partial charge in [-0.2, -0.15) is 0 Å². The molecule has 0 atom stereocenters. The molecule has 76 valence electrons. The van der Waals surface area contributed by atoms with Crippen LogP contribution in [0.2, 0.25) is 0 Å². The molecule has 1 heterocycles. The fraction of sp³-hybridized carbons (Fsp3) is 0.333. The Kier molecular flexibility index (Phi) is 3.21. The second kappa shape index (κ2) is 4.04. The molecular formula is C9H10BrFN2O. The summed E-state index contributed by atoms with van der Waals surface area (Å²) in [6.07, 6.45) is 2.47. The molecule has 1 aromatic heterocycles. The maximum atomic E-state index is 12.7. The van der Waals surface area contributed by atoms with E-state index in [1.54, 1.807) is 13.8 Å². The van der Waals surface area contributed by atoms with Gasteiger partial charge in [0.25, 0.3) is 0 Å². The quantitative estimate of drug-likeness (QED) is 0.830. The number of nitrogens with zero attached hydrogens (tertiary/aromatic N) is 1. The fourth-order valence-electron chi connectivity index (χ4n) is 0.760. The molecule has 1 N–H and O–H groups in total. The third-order valence-corrected chi connectivity index (χ3v) is 1.86. The predicted octanol–water partition coefficient (Wildman–Crippen LogP) is 2.33. The van der Waals surface area contributed by atoms with E-state index in [2.05, 4.69) is 26.2 Å². The average molecular weight is 261 g/mol. The number of nitrogens with one attached hydrogen (secondary N) is 1. The highest BCUT2D eigenvalue weighted by atomic mass is 79.9. The van der Waals surface area contributed by atoms with Crippen LogP contribution in [0.25, 0.3) is 0 Å². The summed E-state index contributed by atoms with van der Waals surface area (Å²) in [7, 11) is 0. The molecule has 1 amide bonds. The van der Waals surface area contributed by atoms with Gasteiger partial charge >= 0.3 is 0 Å². The molecule has 1 aromatic rings. The van der Waals surface area contributed by atoms with Gasteiger partial charge in [0.15, 0.2) is 0 Å². The van der Waals surface area contributed by atoms with Gasteiger partial charge in [0.2, 0.25) is 5.91 Å². The van der Waals surface area contributed by atoms with Crippen molar-refractivity contribution in [2.24, 2.45) is 0 Å². The second-order valence-corrected chi connectivity index (χ2v) is 5.30. The van der Waals surface area contributed by atoms with Gasteiger partial charge in [-0.3, -0.25) is 9.78 Å². The number of alkyl halides is 1. The number of rotatable bonds is 2. The molecule has 0 aliphatic carbocycles. The lowest BCUT2D eigenvalue weighted by molar-refractivity contribution is -0.117. The monoisotopic (exact) mass is 260 g/mol. The van der Waals surface area contributed by atoms with Gasteiger partial charge in [-0.05, 0) is 13.8 Å². The first-order valence-corrected chi connectivity index (χ1v) is 4.80. The van der Waals surface area contributed by atoms with Gasteiger partial charge in [-0.25, -0.2) is 4.39 Å². The van der Waals surface area contributed by atoms with E-state index in [4.69, 9.17) is 0 Å². The van der Waals surface area contributed by atoms with Gasteiger partial charge in [0, 0.05) is 6.07 Å². The Balaban J connectivity index is 2.75. The molecule has 0 saturated heterocycles. The Morgan fingerprint density at radius 2 is 2.21 bits per heavy atom. The van der Waals surface area contributed by atoms with Crippen LogP contribution in [0.5, 0.6) is 0 Å². The Hall–Kier alpha value is -0.970. The molecule has 0 spiro atoms. The topological polar surface area (TPSA) is 42.0 Å². The molecule has 0 saturated carbocycles. The van der Waals surface area contributed by atoms with E-state index < -0.39 is 10.1 Å². The number of hydrogen-bond donors (Lipinski definition) is 1. The first-order valence-electron chi connectivity index (χ1n) is 4.00. The van der Waals surface area contributed by atoms with Crippen molar-refractivity contribution in [3.63, 3.8) is 0 Å². The lowest BCUT2D eigenvalue weighted by Crippen LogP contribution is -2.31. The second-order valence-electron chi connectivity index (χ2n) is 3.32. The summed E-state index contributed by atoms with van der Waals surface area (Å²) in [6.45, 7) is 3.41. The summed E-state index contributed by atoms with van der Waals surface area (Å²) in [5, 5.41) is 2.53. The predicted molar refractivity (Wildman–Crippen MR) is 55.8 cm³/mol. The number of anilines is 1. The van der Waals surface area contributed by atoms with E-state index in [0.717, 1.165) is 6.20 Å². The first-order chi connectivity index (χ1) is 6.39. The highest BCUT2D eigenvalue weighted by molar-refractivity contribution is 9.10. The Morgan fingerprint density at radius 1 is 1.57 bits per heavy atom. The van der Waals surface area contributed by atoms with Crippen molar-refractivity contribution in [2.45, 2.75) is 18.2 Å². The largest absolute Gasteiger partial charge is 0.323 e. The Labute approximate surface area is 89.9 Å². The van der Waals surface area contributed by atoms with Crippen LogP contribution >= 0.6 is 15.9 Å². The van der Waals surface area contributed by atoms with E-state index in [1.165, 1.54) is 12.3 Å². The molecule has 14 heavy (non-hydrogen) atoms. The summed E-state index contributed by atoms with van der Waals surface area (Å²) in [4.78, 5) is 15.1. The summed E-state index contributed by atoms with van der Waals surface area (Å²) in [5.74, 6) is -0.722. The van der Waals surface area contributed by atoms with Crippen LogP contribution in [-0.4, -0.2) is 15.2 Å². The third-order valence-electron chi connectivity index (χ3n) is 1.50. The van der Waals surface area contributed by atoms with Crippen LogP contribution < -0.4 is 5.32 Å². The lowest BCUT2D eigenvalue weighted by atomic mass is 10.2. The number of carbonyl (C=O) groups is 1. The van der Waals surface area contributed by atoms with Crippen molar-refractivity contribution in [3.8, 4) is 0 Å². The van der Waals surface area contributed by atoms with Crippen LogP contribution in [-0.2, 0) is 4.79 Å². The molecule has 0 bridgehead atoms. The molecule has 1 rings (SSSR count). The highest BCUT2D eigenvalue weighted by Gasteiger charge is 2.23. The molecule has 3 nitrogen and oxygen atoms in total. The molecule has 0 unspecified atom stereocenters. The summed E-state index contributed by atoms with van der Waals surface area (Å²) in [5.41, 5.74) is 0.350. The zero-order valence-corrected chi connectivity index (χ0v) is 9.43. The van der Waals surface area contributed by atoms with Crippen molar-refractivity contribution in [2.75, 3.05) is 5.32 Å². The van der Waals surface area contributed by atoms with E-state index in [0.29, 0.717) is 5.69 Å². The first kappa shape index (κ1) is 11.1. The molecule has 5 heteroatoms. The normalized spacial score (nSPS) is 11.1. The Morgan fingerprint density at radius 3 is 2.71 bits per heavy atom. The number of carbonyl (C=O) groups excluding carboxylic acids is 1.